The van der Waals surface area contributed by atoms with E-state index in [4.69, 9.17) is 11.6 Å². The molecule has 0 radical (unpaired) electrons. The van der Waals surface area contributed by atoms with Crippen LogP contribution in [0.2, 0.25) is 5.15 Å². The topological polar surface area (TPSA) is 66.9 Å². The van der Waals surface area contributed by atoms with Gasteiger partial charge in [0.05, 0.1) is 0 Å². The van der Waals surface area contributed by atoms with Crippen molar-refractivity contribution in [3.05, 3.63) is 17.5 Å². The number of hydrogen-bond donors (Lipinski definition) is 2. The standard InChI is InChI=1S/C10H13ClN4O/c11-8-5-9(14-6-13-8)12-4-3-10(16)15-7-1-2-7/h5-7H,1-4H2,(H,15,16)(H,12,13,14). The van der Waals surface area contributed by atoms with E-state index in [2.05, 4.69) is 20.6 Å². The second-order valence-electron chi connectivity index (χ2n) is 3.74. The summed E-state index contributed by atoms with van der Waals surface area (Å²) in [5.74, 6) is 0.717. The van der Waals surface area contributed by atoms with Gasteiger partial charge in [-0.05, 0) is 12.8 Å². The van der Waals surface area contributed by atoms with Crippen LogP contribution >= 0.6 is 11.6 Å². The number of hydrogen-bond acceptors (Lipinski definition) is 4. The lowest BCUT2D eigenvalue weighted by Gasteiger charge is -2.05. The summed E-state index contributed by atoms with van der Waals surface area (Å²) in [7, 11) is 0. The molecule has 86 valence electrons. The Bertz CT molecular complexity index is 381. The van der Waals surface area contributed by atoms with Crippen molar-refractivity contribution in [1.82, 2.24) is 15.3 Å². The number of halogens is 1. The van der Waals surface area contributed by atoms with Gasteiger partial charge in [0, 0.05) is 25.1 Å². The molecule has 6 heteroatoms. The van der Waals surface area contributed by atoms with Crippen LogP contribution in [0.3, 0.4) is 0 Å². The van der Waals surface area contributed by atoms with Gasteiger partial charge in [-0.1, -0.05) is 11.6 Å². The van der Waals surface area contributed by atoms with Crippen molar-refractivity contribution in [2.45, 2.75) is 25.3 Å². The van der Waals surface area contributed by atoms with Crippen LogP contribution in [0.5, 0.6) is 0 Å². The van der Waals surface area contributed by atoms with Crippen LogP contribution in [-0.2, 0) is 4.79 Å². The van der Waals surface area contributed by atoms with Gasteiger partial charge in [-0.3, -0.25) is 4.79 Å². The van der Waals surface area contributed by atoms with Crippen molar-refractivity contribution in [3.63, 3.8) is 0 Å². The summed E-state index contributed by atoms with van der Waals surface area (Å²) in [6.07, 6.45) is 4.05. The SMILES string of the molecule is O=C(CCNc1cc(Cl)ncn1)NC1CC1. The van der Waals surface area contributed by atoms with Crippen LogP contribution in [0, 0.1) is 0 Å². The normalized spacial score (nSPS) is 14.6. The van der Waals surface area contributed by atoms with Gasteiger partial charge in [0.15, 0.2) is 0 Å². The van der Waals surface area contributed by atoms with Gasteiger partial charge in [-0.2, -0.15) is 0 Å². The van der Waals surface area contributed by atoms with E-state index >= 15 is 0 Å². The van der Waals surface area contributed by atoms with E-state index in [9.17, 15) is 4.79 Å². The third kappa shape index (κ3) is 3.66. The quantitative estimate of drug-likeness (QED) is 0.760. The van der Waals surface area contributed by atoms with Gasteiger partial charge in [-0.25, -0.2) is 9.97 Å². The zero-order chi connectivity index (χ0) is 11.4. The predicted molar refractivity (Wildman–Crippen MR) is 61.3 cm³/mol. The van der Waals surface area contributed by atoms with Crippen LogP contribution in [-0.4, -0.2) is 28.5 Å². The van der Waals surface area contributed by atoms with Gasteiger partial charge in [0.2, 0.25) is 5.91 Å². The number of nitrogens with one attached hydrogen (secondary N) is 2. The summed E-state index contributed by atoms with van der Waals surface area (Å²) < 4.78 is 0. The first-order valence-corrected chi connectivity index (χ1v) is 5.62. The molecule has 0 atom stereocenters. The highest BCUT2D eigenvalue weighted by molar-refractivity contribution is 6.29. The molecule has 0 unspecified atom stereocenters. The number of amides is 1. The molecule has 1 aliphatic rings. The van der Waals surface area contributed by atoms with Crippen LogP contribution < -0.4 is 10.6 Å². The molecule has 2 N–H and O–H groups in total. The van der Waals surface area contributed by atoms with Crippen molar-refractivity contribution in [3.8, 4) is 0 Å². The minimum absolute atomic E-state index is 0.0788. The van der Waals surface area contributed by atoms with E-state index in [-0.39, 0.29) is 5.91 Å². The van der Waals surface area contributed by atoms with Crippen molar-refractivity contribution >= 4 is 23.3 Å². The molecule has 0 saturated heterocycles. The Balaban J connectivity index is 1.68. The van der Waals surface area contributed by atoms with E-state index in [0.717, 1.165) is 12.8 Å². The van der Waals surface area contributed by atoms with Crippen LogP contribution in [0.1, 0.15) is 19.3 Å². The molecule has 1 amide bonds. The molecule has 5 nitrogen and oxygen atoms in total. The van der Waals surface area contributed by atoms with Crippen LogP contribution in [0.4, 0.5) is 5.82 Å². The molecule has 1 heterocycles. The molecule has 1 aromatic rings. The minimum Gasteiger partial charge on any atom is -0.369 e. The summed E-state index contributed by atoms with van der Waals surface area (Å²) in [6.45, 7) is 0.548. The maximum atomic E-state index is 11.3. The molecule has 1 aromatic heterocycles. The fourth-order valence-corrected chi connectivity index (χ4v) is 1.41. The first-order valence-electron chi connectivity index (χ1n) is 5.25. The van der Waals surface area contributed by atoms with Crippen molar-refractivity contribution < 1.29 is 4.79 Å². The average molecular weight is 241 g/mol. The molecule has 2 rings (SSSR count). The van der Waals surface area contributed by atoms with E-state index < -0.39 is 0 Å². The Morgan fingerprint density at radius 1 is 1.50 bits per heavy atom. The number of carbonyl (C=O) groups is 1. The maximum Gasteiger partial charge on any atom is 0.221 e. The predicted octanol–water partition coefficient (Wildman–Crippen LogP) is 1.21. The maximum absolute atomic E-state index is 11.3. The summed E-state index contributed by atoms with van der Waals surface area (Å²) in [5.41, 5.74) is 0. The third-order valence-corrected chi connectivity index (χ3v) is 2.44. The molecule has 16 heavy (non-hydrogen) atoms. The lowest BCUT2D eigenvalue weighted by atomic mass is 10.4. The molecule has 0 aromatic carbocycles. The highest BCUT2D eigenvalue weighted by Crippen LogP contribution is 2.18. The van der Waals surface area contributed by atoms with E-state index in [0.29, 0.717) is 30.0 Å². The smallest absolute Gasteiger partial charge is 0.221 e. The Morgan fingerprint density at radius 3 is 3.00 bits per heavy atom. The molecule has 0 bridgehead atoms. The lowest BCUT2D eigenvalue weighted by molar-refractivity contribution is -0.120. The first kappa shape index (κ1) is 11.1. The zero-order valence-electron chi connectivity index (χ0n) is 8.74. The Morgan fingerprint density at radius 2 is 2.31 bits per heavy atom. The van der Waals surface area contributed by atoms with Crippen LogP contribution in [0.15, 0.2) is 12.4 Å². The second-order valence-corrected chi connectivity index (χ2v) is 4.13. The summed E-state index contributed by atoms with van der Waals surface area (Å²) in [4.78, 5) is 19.1. The highest BCUT2D eigenvalue weighted by atomic mass is 35.5. The van der Waals surface area contributed by atoms with E-state index in [1.54, 1.807) is 6.07 Å². The van der Waals surface area contributed by atoms with Crippen LogP contribution in [0.25, 0.3) is 0 Å². The molecular formula is C10H13ClN4O. The van der Waals surface area contributed by atoms with Gasteiger partial charge in [-0.15, -0.1) is 0 Å². The summed E-state index contributed by atoms with van der Waals surface area (Å²) in [5, 5.41) is 6.32. The van der Waals surface area contributed by atoms with Gasteiger partial charge < -0.3 is 10.6 Å². The number of aromatic nitrogens is 2. The second kappa shape index (κ2) is 5.12. The van der Waals surface area contributed by atoms with Crippen molar-refractivity contribution in [2.75, 3.05) is 11.9 Å². The molecule has 1 fully saturated rings. The molecule has 0 spiro atoms. The lowest BCUT2D eigenvalue weighted by Crippen LogP contribution is -2.27. The van der Waals surface area contributed by atoms with E-state index in [1.165, 1.54) is 6.33 Å². The summed E-state index contributed by atoms with van der Waals surface area (Å²) >= 11 is 5.69. The fourth-order valence-electron chi connectivity index (χ4n) is 1.26. The molecular weight excluding hydrogens is 228 g/mol. The van der Waals surface area contributed by atoms with Crippen molar-refractivity contribution in [2.24, 2.45) is 0 Å². The number of nitrogens with zero attached hydrogens (tertiary/aromatic N) is 2. The van der Waals surface area contributed by atoms with E-state index in [1.807, 2.05) is 0 Å². The third-order valence-electron chi connectivity index (χ3n) is 2.23. The van der Waals surface area contributed by atoms with Gasteiger partial charge in [0.1, 0.15) is 17.3 Å². The molecule has 1 aliphatic carbocycles. The Kier molecular flexibility index (Phi) is 3.56. The number of rotatable bonds is 5. The van der Waals surface area contributed by atoms with Gasteiger partial charge in [0.25, 0.3) is 0 Å². The zero-order valence-corrected chi connectivity index (χ0v) is 9.50. The molecule has 0 aliphatic heterocycles. The molecule has 1 saturated carbocycles. The number of anilines is 1. The monoisotopic (exact) mass is 240 g/mol. The highest BCUT2D eigenvalue weighted by Gasteiger charge is 2.22. The van der Waals surface area contributed by atoms with Gasteiger partial charge >= 0.3 is 0 Å². The fraction of sp³-hybridized carbons (Fsp3) is 0.500. The first-order chi connectivity index (χ1) is 7.74. The summed E-state index contributed by atoms with van der Waals surface area (Å²) in [6, 6.07) is 2.04. The average Bonchev–Trinajstić information content (AvgIpc) is 3.02. The Labute approximate surface area is 98.6 Å². The minimum atomic E-state index is 0.0788. The largest absolute Gasteiger partial charge is 0.369 e. The van der Waals surface area contributed by atoms with Crippen molar-refractivity contribution in [1.29, 1.82) is 0 Å². The Hall–Kier alpha value is -1.36. The number of carbonyl (C=O) groups excluding carboxylic acids is 1.